The van der Waals surface area contributed by atoms with Crippen LogP contribution >= 0.6 is 31.9 Å². The van der Waals surface area contributed by atoms with E-state index >= 15 is 0 Å². The Labute approximate surface area is 236 Å². The summed E-state index contributed by atoms with van der Waals surface area (Å²) in [5.74, 6) is 0. The van der Waals surface area contributed by atoms with E-state index in [9.17, 15) is 0 Å². The third kappa shape index (κ3) is 9.28. The largest absolute Gasteiger partial charge is 1.00 e. The Morgan fingerprint density at radius 3 is 1.43 bits per heavy atom. The molecule has 0 amide bonds. The van der Waals surface area contributed by atoms with Crippen LogP contribution in [-0.2, 0) is 23.7 Å². The maximum absolute atomic E-state index is 4.05. The number of hydrogen-bond acceptors (Lipinski definition) is 3. The van der Waals surface area contributed by atoms with Crippen molar-refractivity contribution in [3.8, 4) is 0 Å². The van der Waals surface area contributed by atoms with Crippen LogP contribution in [0.3, 0.4) is 0 Å². The zero-order chi connectivity index (χ0) is 19.6. The smallest absolute Gasteiger partial charge is 0.870 e. The predicted molar refractivity (Wildman–Crippen MR) is 123 cm³/mol. The van der Waals surface area contributed by atoms with Crippen molar-refractivity contribution in [2.45, 2.75) is 23.7 Å². The van der Waals surface area contributed by atoms with E-state index < -0.39 is 0 Å². The van der Waals surface area contributed by atoms with Gasteiger partial charge >= 0.3 is 51.4 Å². The number of aromatic nitrogens is 4. The van der Waals surface area contributed by atoms with Crippen molar-refractivity contribution in [1.29, 1.82) is 0 Å². The molecule has 0 radical (unpaired) electrons. The minimum Gasteiger partial charge on any atom is -0.870 e. The van der Waals surface area contributed by atoms with Crippen LogP contribution < -0.4 is 51.4 Å². The Morgan fingerprint density at radius 2 is 1.07 bits per heavy atom. The SMILES string of the molecule is BrCc1cccc(CBr)c1.[K+].[OH-].c1cc(Cn2ccnc2)cc(Cn2ccnc2)c1. The molecule has 2 heterocycles. The molecule has 5 nitrogen and oxygen atoms in total. The average Bonchev–Trinajstić information content (AvgIpc) is 3.43. The van der Waals surface area contributed by atoms with Gasteiger partial charge in [-0.05, 0) is 22.3 Å². The maximum Gasteiger partial charge on any atom is 1.00 e. The van der Waals surface area contributed by atoms with Gasteiger partial charge in [0.2, 0.25) is 0 Å². The predicted octanol–water partition coefficient (Wildman–Crippen LogP) is 2.48. The van der Waals surface area contributed by atoms with Crippen LogP contribution in [0.2, 0.25) is 0 Å². The van der Waals surface area contributed by atoms with E-state index in [0.29, 0.717) is 0 Å². The summed E-state index contributed by atoms with van der Waals surface area (Å²) in [5, 5.41) is 1.88. The number of alkyl halides is 2. The Balaban J connectivity index is 0.000000325. The van der Waals surface area contributed by atoms with Gasteiger partial charge in [-0.15, -0.1) is 0 Å². The first-order valence-electron chi connectivity index (χ1n) is 8.96. The number of halogens is 2. The fraction of sp³-hybridized carbons (Fsp3) is 0.182. The number of imidazole rings is 2. The molecular weight excluding hydrogens is 535 g/mol. The molecule has 2 aromatic carbocycles. The van der Waals surface area contributed by atoms with Gasteiger partial charge in [-0.3, -0.25) is 0 Å². The maximum atomic E-state index is 4.05. The van der Waals surface area contributed by atoms with Gasteiger partial charge in [-0.2, -0.15) is 0 Å². The zero-order valence-electron chi connectivity index (χ0n) is 16.9. The molecule has 0 aliphatic carbocycles. The third-order valence-electron chi connectivity index (χ3n) is 4.14. The van der Waals surface area contributed by atoms with Crippen LogP contribution in [-0.4, -0.2) is 24.6 Å². The Kier molecular flexibility index (Phi) is 14.0. The van der Waals surface area contributed by atoms with Crippen molar-refractivity contribution in [3.63, 3.8) is 0 Å². The molecule has 4 aromatic rings. The van der Waals surface area contributed by atoms with Crippen molar-refractivity contribution in [2.24, 2.45) is 0 Å². The molecule has 0 atom stereocenters. The van der Waals surface area contributed by atoms with E-state index in [0.717, 1.165) is 23.7 Å². The molecule has 0 aliphatic heterocycles. The second kappa shape index (κ2) is 15.3. The van der Waals surface area contributed by atoms with Crippen LogP contribution in [0.1, 0.15) is 22.3 Å². The molecule has 0 saturated heterocycles. The van der Waals surface area contributed by atoms with Gasteiger partial charge in [0.15, 0.2) is 0 Å². The van der Waals surface area contributed by atoms with Crippen molar-refractivity contribution in [2.75, 3.05) is 0 Å². The second-order valence-electron chi connectivity index (χ2n) is 6.38. The Bertz CT molecular complexity index is 892. The zero-order valence-corrected chi connectivity index (χ0v) is 23.2. The van der Waals surface area contributed by atoms with E-state index in [4.69, 9.17) is 0 Å². The number of hydrogen-bond donors (Lipinski definition) is 0. The van der Waals surface area contributed by atoms with E-state index in [2.05, 4.69) is 99.5 Å². The van der Waals surface area contributed by atoms with Gasteiger partial charge in [0, 0.05) is 48.5 Å². The Hall–Kier alpha value is -0.584. The van der Waals surface area contributed by atoms with Crippen LogP contribution in [0.5, 0.6) is 0 Å². The molecular formula is C22H23Br2KN4O. The molecule has 0 saturated carbocycles. The topological polar surface area (TPSA) is 65.6 Å². The van der Waals surface area contributed by atoms with Crippen LogP contribution in [0.4, 0.5) is 0 Å². The van der Waals surface area contributed by atoms with E-state index in [1.54, 1.807) is 12.4 Å². The molecule has 2 aromatic heterocycles. The van der Waals surface area contributed by atoms with E-state index in [1.807, 2.05) is 25.0 Å². The first-order chi connectivity index (χ1) is 13.8. The molecule has 4 rings (SSSR count). The van der Waals surface area contributed by atoms with Gasteiger partial charge < -0.3 is 14.6 Å². The van der Waals surface area contributed by atoms with Crippen molar-refractivity contribution in [3.05, 3.63) is 108 Å². The third-order valence-corrected chi connectivity index (χ3v) is 5.44. The minimum absolute atomic E-state index is 0. The number of rotatable bonds is 6. The van der Waals surface area contributed by atoms with Crippen LogP contribution in [0.15, 0.2) is 86.0 Å². The quantitative estimate of drug-likeness (QED) is 0.270. The molecule has 0 spiro atoms. The van der Waals surface area contributed by atoms with Gasteiger partial charge in [0.1, 0.15) is 0 Å². The fourth-order valence-corrected chi connectivity index (χ4v) is 3.50. The molecule has 0 unspecified atom stereocenters. The molecule has 1 N–H and O–H groups in total. The van der Waals surface area contributed by atoms with Crippen molar-refractivity contribution < 1.29 is 56.9 Å². The first-order valence-corrected chi connectivity index (χ1v) is 11.2. The minimum atomic E-state index is 0. The molecule has 30 heavy (non-hydrogen) atoms. The summed E-state index contributed by atoms with van der Waals surface area (Å²) >= 11 is 6.81. The first kappa shape index (κ1) is 27.5. The molecule has 0 bridgehead atoms. The molecule has 0 aliphatic rings. The summed E-state index contributed by atoms with van der Waals surface area (Å²) in [6.07, 6.45) is 11.2. The summed E-state index contributed by atoms with van der Waals surface area (Å²) in [5.41, 5.74) is 5.23. The van der Waals surface area contributed by atoms with Gasteiger partial charge in [0.25, 0.3) is 0 Å². The summed E-state index contributed by atoms with van der Waals surface area (Å²) in [7, 11) is 0. The summed E-state index contributed by atoms with van der Waals surface area (Å²) in [4.78, 5) is 8.10. The normalized spacial score (nSPS) is 9.67. The van der Waals surface area contributed by atoms with Gasteiger partial charge in [-0.1, -0.05) is 80.4 Å². The van der Waals surface area contributed by atoms with Crippen molar-refractivity contribution in [1.82, 2.24) is 19.1 Å². The van der Waals surface area contributed by atoms with E-state index in [1.165, 1.54) is 22.3 Å². The van der Waals surface area contributed by atoms with Crippen LogP contribution in [0.25, 0.3) is 0 Å². The second-order valence-corrected chi connectivity index (χ2v) is 7.50. The van der Waals surface area contributed by atoms with Gasteiger partial charge in [-0.25, -0.2) is 9.97 Å². The fourth-order valence-electron chi connectivity index (χ4n) is 2.80. The average molecular weight is 558 g/mol. The van der Waals surface area contributed by atoms with E-state index in [-0.39, 0.29) is 56.9 Å². The molecule has 152 valence electrons. The standard InChI is InChI=1S/C14H14N4.C8H8Br2.K.H2O/c1-2-13(9-17-6-4-15-11-17)8-14(3-1)10-18-7-5-16-12-18;9-5-7-2-1-3-8(4-7)6-10;;/h1-8,11-12H,9-10H2;1-4H,5-6H2;;1H2/q;;+1;/p-1. The van der Waals surface area contributed by atoms with Gasteiger partial charge in [0.05, 0.1) is 12.7 Å². The Morgan fingerprint density at radius 1 is 0.667 bits per heavy atom. The summed E-state index contributed by atoms with van der Waals surface area (Å²) in [6.45, 7) is 1.72. The molecule has 8 heteroatoms. The number of benzene rings is 2. The summed E-state index contributed by atoms with van der Waals surface area (Å²) in [6, 6.07) is 17.1. The summed E-state index contributed by atoms with van der Waals surface area (Å²) < 4.78 is 4.13. The number of nitrogens with zero attached hydrogens (tertiary/aromatic N) is 4. The van der Waals surface area contributed by atoms with Crippen LogP contribution in [0, 0.1) is 0 Å². The monoisotopic (exact) mass is 556 g/mol. The molecule has 0 fully saturated rings. The van der Waals surface area contributed by atoms with Crippen molar-refractivity contribution >= 4 is 31.9 Å².